The van der Waals surface area contributed by atoms with Crippen LogP contribution in [0.25, 0.3) is 0 Å². The third kappa shape index (κ3) is 3.60. The number of carboxylic acid groups (broad SMARTS) is 1. The number of halogens is 1. The van der Waals surface area contributed by atoms with Gasteiger partial charge in [-0.1, -0.05) is 20.8 Å². The smallest absolute Gasteiger partial charge is 0.337 e. The van der Waals surface area contributed by atoms with Crippen LogP contribution in [-0.4, -0.2) is 26.5 Å². The van der Waals surface area contributed by atoms with E-state index in [1.165, 1.54) is 7.11 Å². The molecule has 0 bridgehead atoms. The Morgan fingerprint density at radius 3 is 2.19 bits per heavy atom. The fourth-order valence-corrected chi connectivity index (χ4v) is 3.45. The topological polar surface area (TPSA) is 55.8 Å². The fourth-order valence-electron chi connectivity index (χ4n) is 1.64. The Labute approximate surface area is 135 Å². The van der Waals surface area contributed by atoms with Crippen molar-refractivity contribution in [1.29, 1.82) is 0 Å². The van der Waals surface area contributed by atoms with Gasteiger partial charge >= 0.3 is 5.97 Å². The minimum Gasteiger partial charge on any atom is -0.543 e. The molecule has 0 saturated carbocycles. The molecule has 1 aromatic rings. The molecule has 0 heterocycles. The van der Waals surface area contributed by atoms with Crippen molar-refractivity contribution in [3.05, 3.63) is 21.7 Å². The van der Waals surface area contributed by atoms with Gasteiger partial charge in [-0.05, 0) is 41.0 Å². The summed E-state index contributed by atoms with van der Waals surface area (Å²) in [6, 6.07) is 1.76. The maximum atomic E-state index is 11.5. The van der Waals surface area contributed by atoms with E-state index in [0.717, 1.165) is 0 Å². The molecule has 0 aliphatic heterocycles. The van der Waals surface area contributed by atoms with E-state index in [4.69, 9.17) is 9.16 Å². The third-order valence-electron chi connectivity index (χ3n) is 4.05. The van der Waals surface area contributed by atoms with Gasteiger partial charge in [0.2, 0.25) is 8.32 Å². The van der Waals surface area contributed by atoms with Gasteiger partial charge in [-0.25, -0.2) is 4.79 Å². The molecular weight excluding hydrogens is 352 g/mol. The lowest BCUT2D eigenvalue weighted by atomic mass is 10.1. The Morgan fingerprint density at radius 1 is 1.29 bits per heavy atom. The second-order valence-electron chi connectivity index (χ2n) is 6.56. The molecule has 118 valence electrons. The predicted molar refractivity (Wildman–Crippen MR) is 90.2 cm³/mol. The molecular formula is C15H23BrO4Si. The first-order valence-corrected chi connectivity index (χ1v) is 10.4. The van der Waals surface area contributed by atoms with Crippen LogP contribution in [0.5, 0.6) is 11.5 Å². The molecule has 0 amide bonds. The molecule has 0 aromatic heterocycles. The van der Waals surface area contributed by atoms with Crippen LogP contribution >= 0.6 is 15.9 Å². The second kappa shape index (κ2) is 6.00. The Balaban J connectivity index is 3.45. The summed E-state index contributed by atoms with van der Waals surface area (Å²) in [5.74, 6) is 0.0455. The third-order valence-corrected chi connectivity index (χ3v) is 9.18. The highest BCUT2D eigenvalue weighted by Gasteiger charge is 2.39. The van der Waals surface area contributed by atoms with Crippen LogP contribution in [-0.2, 0) is 0 Å². The zero-order valence-corrected chi connectivity index (χ0v) is 16.2. The van der Waals surface area contributed by atoms with Crippen LogP contribution < -0.4 is 9.16 Å². The summed E-state index contributed by atoms with van der Waals surface area (Å²) < 4.78 is 12.0. The van der Waals surface area contributed by atoms with Gasteiger partial charge in [0.05, 0.1) is 17.1 Å². The molecule has 0 spiro atoms. The number of hydrogen-bond acceptors (Lipinski definition) is 3. The first kappa shape index (κ1) is 18.0. The van der Waals surface area contributed by atoms with Crippen molar-refractivity contribution in [2.75, 3.05) is 7.11 Å². The SMILES string of the molecule is COc1cc(O[Si](C)(C)C(C)(C)C)c(C)c(C(=O)O)c1Br. The quantitative estimate of drug-likeness (QED) is 0.765. The monoisotopic (exact) mass is 374 g/mol. The van der Waals surface area contributed by atoms with E-state index in [1.54, 1.807) is 13.0 Å². The highest BCUT2D eigenvalue weighted by molar-refractivity contribution is 9.10. The van der Waals surface area contributed by atoms with Crippen molar-refractivity contribution in [3.63, 3.8) is 0 Å². The zero-order valence-electron chi connectivity index (χ0n) is 13.6. The first-order chi connectivity index (χ1) is 9.42. The molecule has 0 atom stereocenters. The fraction of sp³-hybridized carbons (Fsp3) is 0.533. The number of methoxy groups -OCH3 is 1. The Kier molecular flexibility index (Phi) is 5.16. The molecule has 0 unspecified atom stereocenters. The van der Waals surface area contributed by atoms with Gasteiger partial charge in [0.15, 0.2) is 0 Å². The normalized spacial score (nSPS) is 12.2. The Morgan fingerprint density at radius 2 is 1.81 bits per heavy atom. The minimum atomic E-state index is -2.05. The van der Waals surface area contributed by atoms with Gasteiger partial charge in [-0.3, -0.25) is 0 Å². The number of benzene rings is 1. The average molecular weight is 375 g/mol. The summed E-state index contributed by atoms with van der Waals surface area (Å²) in [4.78, 5) is 11.5. The molecule has 0 aliphatic rings. The van der Waals surface area contributed by atoms with Crippen molar-refractivity contribution < 1.29 is 19.1 Å². The van der Waals surface area contributed by atoms with E-state index in [2.05, 4.69) is 49.8 Å². The number of rotatable bonds is 4. The number of aromatic carboxylic acids is 1. The summed E-state index contributed by atoms with van der Waals surface area (Å²) >= 11 is 3.30. The Hall–Kier alpha value is -1.01. The number of hydrogen-bond donors (Lipinski definition) is 1. The van der Waals surface area contributed by atoms with E-state index in [9.17, 15) is 9.90 Å². The molecule has 1 aromatic carbocycles. The van der Waals surface area contributed by atoms with E-state index in [-0.39, 0.29) is 10.6 Å². The van der Waals surface area contributed by atoms with E-state index < -0.39 is 14.3 Å². The van der Waals surface area contributed by atoms with Crippen LogP contribution in [0.2, 0.25) is 18.1 Å². The van der Waals surface area contributed by atoms with Crippen LogP contribution in [0.15, 0.2) is 10.5 Å². The summed E-state index contributed by atoms with van der Waals surface area (Å²) in [7, 11) is -0.541. The van der Waals surface area contributed by atoms with E-state index >= 15 is 0 Å². The molecule has 1 rings (SSSR count). The number of carboxylic acids is 1. The largest absolute Gasteiger partial charge is 0.543 e. The van der Waals surface area contributed by atoms with Crippen molar-refractivity contribution in [1.82, 2.24) is 0 Å². The summed E-state index contributed by atoms with van der Waals surface area (Å²) in [5.41, 5.74) is 0.794. The first-order valence-electron chi connectivity index (χ1n) is 6.71. The molecule has 1 N–H and O–H groups in total. The van der Waals surface area contributed by atoms with Crippen LogP contribution in [0.3, 0.4) is 0 Å². The van der Waals surface area contributed by atoms with Gasteiger partial charge in [0.1, 0.15) is 11.5 Å². The zero-order chi connectivity index (χ0) is 16.6. The lowest BCUT2D eigenvalue weighted by Gasteiger charge is -2.37. The van der Waals surface area contributed by atoms with E-state index in [0.29, 0.717) is 21.5 Å². The highest BCUT2D eigenvalue weighted by atomic mass is 79.9. The van der Waals surface area contributed by atoms with Gasteiger partial charge in [-0.2, -0.15) is 0 Å². The second-order valence-corrected chi connectivity index (χ2v) is 12.1. The molecule has 0 aliphatic carbocycles. The molecule has 6 heteroatoms. The minimum absolute atomic E-state index is 0.0309. The van der Waals surface area contributed by atoms with Gasteiger partial charge in [0.25, 0.3) is 0 Å². The highest BCUT2D eigenvalue weighted by Crippen LogP contribution is 2.42. The van der Waals surface area contributed by atoms with Crippen molar-refractivity contribution in [3.8, 4) is 11.5 Å². The molecule has 4 nitrogen and oxygen atoms in total. The maximum absolute atomic E-state index is 11.5. The molecule has 21 heavy (non-hydrogen) atoms. The molecule has 0 fully saturated rings. The molecule has 0 saturated heterocycles. The lowest BCUT2D eigenvalue weighted by Crippen LogP contribution is -2.44. The summed E-state index contributed by atoms with van der Waals surface area (Å²) in [6.45, 7) is 12.4. The lowest BCUT2D eigenvalue weighted by molar-refractivity contribution is 0.0694. The van der Waals surface area contributed by atoms with Crippen LogP contribution in [0, 0.1) is 6.92 Å². The van der Waals surface area contributed by atoms with Gasteiger partial charge < -0.3 is 14.3 Å². The average Bonchev–Trinajstić information content (AvgIpc) is 2.30. The van der Waals surface area contributed by atoms with Gasteiger partial charge in [-0.15, -0.1) is 0 Å². The van der Waals surface area contributed by atoms with Gasteiger partial charge in [0, 0.05) is 11.6 Å². The molecule has 0 radical (unpaired) electrons. The summed E-state index contributed by atoms with van der Waals surface area (Å²) in [5, 5.41) is 9.45. The van der Waals surface area contributed by atoms with Crippen LogP contribution in [0.1, 0.15) is 36.7 Å². The number of ether oxygens (including phenoxy) is 1. The Bertz CT molecular complexity index is 562. The standard InChI is InChI=1S/C15H23BrO4Si/c1-9-10(20-21(6,7)15(2,3)4)8-11(19-5)13(16)12(9)14(17)18/h8H,1-7H3,(H,17,18). The van der Waals surface area contributed by atoms with E-state index in [1.807, 2.05) is 0 Å². The predicted octanol–water partition coefficient (Wildman–Crippen LogP) is 4.85. The van der Waals surface area contributed by atoms with Crippen LogP contribution in [0.4, 0.5) is 0 Å². The van der Waals surface area contributed by atoms with Crippen molar-refractivity contribution in [2.24, 2.45) is 0 Å². The van der Waals surface area contributed by atoms with Crippen molar-refractivity contribution >= 4 is 30.2 Å². The number of carbonyl (C=O) groups is 1. The van der Waals surface area contributed by atoms with Crippen molar-refractivity contribution in [2.45, 2.75) is 45.8 Å². The summed E-state index contributed by atoms with van der Waals surface area (Å²) in [6.07, 6.45) is 0. The maximum Gasteiger partial charge on any atom is 0.337 e.